The number of rotatable bonds is 6. The molecular formula is C20H30N2O4. The number of ether oxygens (including phenoxy) is 1. The molecule has 6 heteroatoms. The molecule has 0 aromatic heterocycles. The number of nitrogens with zero attached hydrogens (tertiary/aromatic N) is 2. The average molecular weight is 362 g/mol. The fraction of sp³-hybridized carbons (Fsp3) is 0.650. The van der Waals surface area contributed by atoms with Gasteiger partial charge in [0.05, 0.1) is 12.7 Å². The van der Waals surface area contributed by atoms with Gasteiger partial charge in [-0.15, -0.1) is 0 Å². The van der Waals surface area contributed by atoms with Gasteiger partial charge in [-0.25, -0.2) is 0 Å². The molecule has 2 saturated heterocycles. The number of likely N-dealkylation sites (tertiary alicyclic amines) is 2. The normalized spacial score (nSPS) is 20.8. The van der Waals surface area contributed by atoms with Crippen LogP contribution in [-0.2, 0) is 0 Å². The van der Waals surface area contributed by atoms with Crippen LogP contribution >= 0.6 is 0 Å². The summed E-state index contributed by atoms with van der Waals surface area (Å²) in [6.45, 7) is 3.75. The number of carbonyl (C=O) groups excluding carboxylic acids is 1. The maximum absolute atomic E-state index is 12.5. The van der Waals surface area contributed by atoms with E-state index < -0.39 is 6.10 Å². The van der Waals surface area contributed by atoms with Crippen LogP contribution in [0.1, 0.15) is 42.5 Å². The second kappa shape index (κ2) is 9.35. The van der Waals surface area contributed by atoms with Crippen molar-refractivity contribution in [3.8, 4) is 5.75 Å². The largest absolute Gasteiger partial charge is 0.490 e. The molecule has 26 heavy (non-hydrogen) atoms. The molecule has 2 aliphatic heterocycles. The van der Waals surface area contributed by atoms with Gasteiger partial charge in [0.1, 0.15) is 11.9 Å². The fourth-order valence-corrected chi connectivity index (χ4v) is 3.71. The van der Waals surface area contributed by atoms with Gasteiger partial charge in [-0.05, 0) is 56.4 Å². The first-order chi connectivity index (χ1) is 12.7. The van der Waals surface area contributed by atoms with Crippen LogP contribution < -0.4 is 4.74 Å². The molecule has 0 bridgehead atoms. The Kier molecular flexibility index (Phi) is 6.88. The first-order valence-electron chi connectivity index (χ1n) is 9.73. The van der Waals surface area contributed by atoms with E-state index in [-0.39, 0.29) is 18.6 Å². The summed E-state index contributed by atoms with van der Waals surface area (Å²) < 4.78 is 6.05. The first-order valence-corrected chi connectivity index (χ1v) is 9.73. The molecule has 1 amide bonds. The van der Waals surface area contributed by atoms with Crippen LogP contribution in [-0.4, -0.2) is 77.5 Å². The Morgan fingerprint density at radius 2 is 1.73 bits per heavy atom. The van der Waals surface area contributed by atoms with Crippen molar-refractivity contribution in [1.82, 2.24) is 9.80 Å². The fourth-order valence-electron chi connectivity index (χ4n) is 3.71. The lowest BCUT2D eigenvalue weighted by molar-refractivity contribution is 0.0346. The van der Waals surface area contributed by atoms with Crippen molar-refractivity contribution in [1.29, 1.82) is 0 Å². The third kappa shape index (κ3) is 5.19. The predicted molar refractivity (Wildman–Crippen MR) is 99.4 cm³/mol. The lowest BCUT2D eigenvalue weighted by Gasteiger charge is -2.33. The van der Waals surface area contributed by atoms with Gasteiger partial charge in [0.2, 0.25) is 0 Å². The number of hydrogen-bond acceptors (Lipinski definition) is 5. The van der Waals surface area contributed by atoms with Gasteiger partial charge in [0.15, 0.2) is 0 Å². The molecule has 0 spiro atoms. The number of benzene rings is 1. The molecule has 2 aliphatic rings. The molecule has 1 atom stereocenters. The molecule has 0 radical (unpaired) electrons. The molecular weight excluding hydrogens is 332 g/mol. The highest BCUT2D eigenvalue weighted by molar-refractivity contribution is 5.94. The summed E-state index contributed by atoms with van der Waals surface area (Å²) in [6.07, 6.45) is 4.69. The maximum Gasteiger partial charge on any atom is 0.253 e. The number of carbonyl (C=O) groups is 1. The van der Waals surface area contributed by atoms with E-state index in [1.54, 1.807) is 0 Å². The SMILES string of the molecule is O=C(c1ccc(OC2CCN(C[C@@H](O)CO)CC2)cc1)N1CCCCC1. The van der Waals surface area contributed by atoms with Crippen LogP contribution in [0.25, 0.3) is 0 Å². The summed E-state index contributed by atoms with van der Waals surface area (Å²) in [5, 5.41) is 18.5. The predicted octanol–water partition coefficient (Wildman–Crippen LogP) is 1.51. The van der Waals surface area contributed by atoms with E-state index in [2.05, 4.69) is 4.90 Å². The molecule has 3 rings (SSSR count). The smallest absolute Gasteiger partial charge is 0.253 e. The maximum atomic E-state index is 12.5. The minimum absolute atomic E-state index is 0.118. The van der Waals surface area contributed by atoms with Gasteiger partial charge in [-0.2, -0.15) is 0 Å². The first kappa shape index (κ1) is 19.1. The second-order valence-corrected chi connectivity index (χ2v) is 7.33. The summed E-state index contributed by atoms with van der Waals surface area (Å²) in [5.41, 5.74) is 0.729. The Labute approximate surface area is 155 Å². The van der Waals surface area contributed by atoms with Crippen molar-refractivity contribution < 1.29 is 19.7 Å². The van der Waals surface area contributed by atoms with Gasteiger partial charge in [0.25, 0.3) is 5.91 Å². The van der Waals surface area contributed by atoms with Crippen molar-refractivity contribution in [2.45, 2.75) is 44.3 Å². The number of β-amino-alcohol motifs (C(OH)–C–C–N with tert-alkyl or cyclic N) is 1. The average Bonchev–Trinajstić information content (AvgIpc) is 2.70. The van der Waals surface area contributed by atoms with Crippen LogP contribution in [0.2, 0.25) is 0 Å². The molecule has 6 nitrogen and oxygen atoms in total. The molecule has 2 N–H and O–H groups in total. The highest BCUT2D eigenvalue weighted by atomic mass is 16.5. The summed E-state index contributed by atoms with van der Waals surface area (Å²) in [6, 6.07) is 7.50. The van der Waals surface area contributed by atoms with Crippen LogP contribution in [0.5, 0.6) is 5.75 Å². The number of amides is 1. The minimum atomic E-state index is -0.669. The van der Waals surface area contributed by atoms with Crippen molar-refractivity contribution in [3.05, 3.63) is 29.8 Å². The van der Waals surface area contributed by atoms with E-state index >= 15 is 0 Å². The van der Waals surface area contributed by atoms with E-state index in [0.29, 0.717) is 6.54 Å². The second-order valence-electron chi connectivity index (χ2n) is 7.33. The summed E-state index contributed by atoms with van der Waals surface area (Å²) in [4.78, 5) is 16.6. The lowest BCUT2D eigenvalue weighted by Crippen LogP contribution is -2.42. The van der Waals surface area contributed by atoms with E-state index in [0.717, 1.165) is 63.2 Å². The topological polar surface area (TPSA) is 73.2 Å². The third-order valence-corrected chi connectivity index (χ3v) is 5.26. The molecule has 2 heterocycles. The number of hydrogen-bond donors (Lipinski definition) is 2. The number of piperidine rings is 2. The quantitative estimate of drug-likeness (QED) is 0.803. The Balaban J connectivity index is 1.47. The molecule has 0 saturated carbocycles. The molecule has 1 aromatic carbocycles. The van der Waals surface area contributed by atoms with Gasteiger partial charge in [-0.3, -0.25) is 4.79 Å². The Morgan fingerprint density at radius 1 is 1.08 bits per heavy atom. The highest BCUT2D eigenvalue weighted by Crippen LogP contribution is 2.21. The van der Waals surface area contributed by atoms with E-state index in [4.69, 9.17) is 9.84 Å². The van der Waals surface area contributed by atoms with Crippen LogP contribution in [0.3, 0.4) is 0 Å². The zero-order chi connectivity index (χ0) is 18.4. The van der Waals surface area contributed by atoms with Gasteiger partial charge >= 0.3 is 0 Å². The zero-order valence-electron chi connectivity index (χ0n) is 15.3. The van der Waals surface area contributed by atoms with E-state index in [1.807, 2.05) is 29.2 Å². The van der Waals surface area contributed by atoms with Crippen LogP contribution in [0.15, 0.2) is 24.3 Å². The summed E-state index contributed by atoms with van der Waals surface area (Å²) in [5.74, 6) is 0.918. The van der Waals surface area contributed by atoms with Crippen LogP contribution in [0.4, 0.5) is 0 Å². The Morgan fingerprint density at radius 3 is 2.35 bits per heavy atom. The minimum Gasteiger partial charge on any atom is -0.490 e. The number of aliphatic hydroxyl groups excluding tert-OH is 2. The molecule has 0 unspecified atom stereocenters. The summed E-state index contributed by atoms with van der Waals surface area (Å²) in [7, 11) is 0. The lowest BCUT2D eigenvalue weighted by atomic mass is 10.1. The van der Waals surface area contributed by atoms with Gasteiger partial charge in [-0.1, -0.05) is 0 Å². The molecule has 144 valence electrons. The summed E-state index contributed by atoms with van der Waals surface area (Å²) >= 11 is 0. The molecule has 0 aliphatic carbocycles. The molecule has 2 fully saturated rings. The van der Waals surface area contributed by atoms with Gasteiger partial charge in [0, 0.05) is 38.3 Å². The van der Waals surface area contributed by atoms with Gasteiger partial charge < -0.3 is 24.7 Å². The van der Waals surface area contributed by atoms with Crippen molar-refractivity contribution in [2.75, 3.05) is 39.3 Å². The Hall–Kier alpha value is -1.63. The van der Waals surface area contributed by atoms with E-state index in [9.17, 15) is 9.90 Å². The van der Waals surface area contributed by atoms with Crippen LogP contribution in [0, 0.1) is 0 Å². The zero-order valence-corrected chi connectivity index (χ0v) is 15.3. The monoisotopic (exact) mass is 362 g/mol. The van der Waals surface area contributed by atoms with Crippen molar-refractivity contribution in [2.24, 2.45) is 0 Å². The number of aliphatic hydroxyl groups is 2. The van der Waals surface area contributed by atoms with E-state index in [1.165, 1.54) is 6.42 Å². The highest BCUT2D eigenvalue weighted by Gasteiger charge is 2.22. The van der Waals surface area contributed by atoms with Crippen molar-refractivity contribution >= 4 is 5.91 Å². The molecule has 1 aromatic rings. The third-order valence-electron chi connectivity index (χ3n) is 5.26. The van der Waals surface area contributed by atoms with Crippen molar-refractivity contribution in [3.63, 3.8) is 0 Å². The standard InChI is InChI=1S/C20H30N2O4/c23-15-17(24)14-21-12-8-19(9-13-21)26-18-6-4-16(5-7-18)20(25)22-10-2-1-3-11-22/h4-7,17,19,23-24H,1-3,8-15H2/t17-/m1/s1. The Bertz CT molecular complexity index is 564.